The van der Waals surface area contributed by atoms with Crippen molar-refractivity contribution in [2.24, 2.45) is 0 Å². The average molecular weight is 197 g/mol. The molecule has 0 fully saturated rings. The van der Waals surface area contributed by atoms with Crippen LogP contribution in [0.2, 0.25) is 0 Å². The Bertz CT molecular complexity index is 374. The Hall–Kier alpha value is -0.810. The first kappa shape index (κ1) is 8.77. The van der Waals surface area contributed by atoms with Gasteiger partial charge < -0.3 is 10.3 Å². The molecule has 70 valence electrons. The number of rotatable bonds is 2. The molecule has 2 heterocycles. The number of hydrogen-bond acceptors (Lipinski definition) is 4. The molecule has 4 nitrogen and oxygen atoms in total. The lowest BCUT2D eigenvalue weighted by molar-refractivity contribution is 0.743. The van der Waals surface area contributed by atoms with Crippen molar-refractivity contribution in [1.82, 2.24) is 15.3 Å². The molecule has 5 heteroatoms. The van der Waals surface area contributed by atoms with Gasteiger partial charge in [-0.1, -0.05) is 0 Å². The molecule has 0 atom stereocenters. The number of fused-ring (bicyclic) bond motifs is 1. The monoisotopic (exact) mass is 197 g/mol. The fourth-order valence-corrected chi connectivity index (χ4v) is 2.40. The zero-order valence-corrected chi connectivity index (χ0v) is 8.20. The van der Waals surface area contributed by atoms with Crippen LogP contribution < -0.4 is 10.9 Å². The van der Waals surface area contributed by atoms with Gasteiger partial charge in [-0.05, 0) is 7.05 Å². The molecule has 0 aromatic carbocycles. The topological polar surface area (TPSA) is 57.8 Å². The Morgan fingerprint density at radius 1 is 1.62 bits per heavy atom. The molecule has 1 aliphatic rings. The Morgan fingerprint density at radius 2 is 2.46 bits per heavy atom. The highest BCUT2D eigenvalue weighted by Crippen LogP contribution is 2.24. The van der Waals surface area contributed by atoms with Crippen LogP contribution in [0.25, 0.3) is 0 Å². The van der Waals surface area contributed by atoms with Crippen LogP contribution in [0.3, 0.4) is 0 Å². The summed E-state index contributed by atoms with van der Waals surface area (Å²) in [6.07, 6.45) is 0. The maximum Gasteiger partial charge on any atom is 0.255 e. The summed E-state index contributed by atoms with van der Waals surface area (Å²) >= 11 is 1.74. The molecule has 2 N–H and O–H groups in total. The highest BCUT2D eigenvalue weighted by Gasteiger charge is 2.16. The number of hydrogen-bond donors (Lipinski definition) is 2. The Kier molecular flexibility index (Phi) is 2.37. The second-order valence-corrected chi connectivity index (χ2v) is 3.95. The minimum Gasteiger partial charge on any atom is -0.313 e. The highest BCUT2D eigenvalue weighted by atomic mass is 32.2. The van der Waals surface area contributed by atoms with E-state index in [0.717, 1.165) is 28.6 Å². The first-order valence-electron chi connectivity index (χ1n) is 4.14. The standard InChI is InChI=1S/C8H11N3OS/c1-9-2-7-10-6-4-13-3-5(6)8(12)11-7/h9H,2-4H2,1H3,(H,10,11,12). The number of thioether (sulfide) groups is 1. The van der Waals surface area contributed by atoms with E-state index in [0.29, 0.717) is 6.54 Å². The van der Waals surface area contributed by atoms with Crippen molar-refractivity contribution < 1.29 is 0 Å². The van der Waals surface area contributed by atoms with Gasteiger partial charge in [0.1, 0.15) is 5.82 Å². The van der Waals surface area contributed by atoms with Gasteiger partial charge in [0, 0.05) is 17.1 Å². The van der Waals surface area contributed by atoms with Crippen molar-refractivity contribution in [2.45, 2.75) is 18.1 Å². The van der Waals surface area contributed by atoms with Crippen LogP contribution in [0, 0.1) is 0 Å². The van der Waals surface area contributed by atoms with Crippen molar-refractivity contribution in [3.8, 4) is 0 Å². The summed E-state index contributed by atoms with van der Waals surface area (Å²) < 4.78 is 0. The summed E-state index contributed by atoms with van der Waals surface area (Å²) in [6, 6.07) is 0. The third-order valence-corrected chi connectivity index (χ3v) is 2.95. The number of nitrogens with one attached hydrogen (secondary N) is 2. The summed E-state index contributed by atoms with van der Waals surface area (Å²) in [4.78, 5) is 18.6. The van der Waals surface area contributed by atoms with Crippen LogP contribution in [0.4, 0.5) is 0 Å². The Labute approximate surface area is 80.2 Å². The van der Waals surface area contributed by atoms with E-state index in [9.17, 15) is 4.79 Å². The van der Waals surface area contributed by atoms with Gasteiger partial charge in [0.25, 0.3) is 5.56 Å². The van der Waals surface area contributed by atoms with Crippen molar-refractivity contribution in [3.63, 3.8) is 0 Å². The van der Waals surface area contributed by atoms with E-state index in [1.807, 2.05) is 7.05 Å². The van der Waals surface area contributed by atoms with Crippen LogP contribution in [-0.4, -0.2) is 17.0 Å². The summed E-state index contributed by atoms with van der Waals surface area (Å²) in [5.74, 6) is 2.40. The predicted molar refractivity (Wildman–Crippen MR) is 52.6 cm³/mol. The normalized spacial score (nSPS) is 14.5. The lowest BCUT2D eigenvalue weighted by Crippen LogP contribution is -2.20. The Morgan fingerprint density at radius 3 is 3.23 bits per heavy atom. The first-order chi connectivity index (χ1) is 6.31. The molecule has 2 rings (SSSR count). The quantitative estimate of drug-likeness (QED) is 0.713. The van der Waals surface area contributed by atoms with Crippen LogP contribution in [0.15, 0.2) is 4.79 Å². The second-order valence-electron chi connectivity index (χ2n) is 2.96. The molecular formula is C8H11N3OS. The number of aromatic amines is 1. The fraction of sp³-hybridized carbons (Fsp3) is 0.500. The van der Waals surface area contributed by atoms with Gasteiger partial charge in [-0.25, -0.2) is 4.98 Å². The summed E-state index contributed by atoms with van der Waals surface area (Å²) in [5, 5.41) is 2.96. The number of aromatic nitrogens is 2. The van der Waals surface area contributed by atoms with Crippen LogP contribution in [0.5, 0.6) is 0 Å². The third kappa shape index (κ3) is 1.62. The molecule has 0 radical (unpaired) electrons. The molecule has 0 saturated heterocycles. The van der Waals surface area contributed by atoms with E-state index in [1.165, 1.54) is 0 Å². The SMILES string of the molecule is CNCc1nc2c(c(=O)[nH]1)CSC2. The van der Waals surface area contributed by atoms with E-state index < -0.39 is 0 Å². The Balaban J connectivity index is 2.44. The van der Waals surface area contributed by atoms with Gasteiger partial charge in [0.15, 0.2) is 0 Å². The molecule has 1 aromatic heterocycles. The summed E-state index contributed by atoms with van der Waals surface area (Å²) in [6.45, 7) is 0.618. The minimum absolute atomic E-state index is 0.0280. The smallest absolute Gasteiger partial charge is 0.255 e. The van der Waals surface area contributed by atoms with Crippen molar-refractivity contribution >= 4 is 11.8 Å². The van der Waals surface area contributed by atoms with Gasteiger partial charge in [-0.2, -0.15) is 11.8 Å². The maximum absolute atomic E-state index is 11.5. The molecule has 0 saturated carbocycles. The summed E-state index contributed by atoms with van der Waals surface area (Å²) in [5.41, 5.74) is 1.84. The molecular weight excluding hydrogens is 186 g/mol. The zero-order chi connectivity index (χ0) is 9.26. The zero-order valence-electron chi connectivity index (χ0n) is 7.39. The highest BCUT2D eigenvalue weighted by molar-refractivity contribution is 7.98. The first-order valence-corrected chi connectivity index (χ1v) is 5.30. The van der Waals surface area contributed by atoms with Crippen molar-refractivity contribution in [3.05, 3.63) is 27.4 Å². The van der Waals surface area contributed by atoms with E-state index in [-0.39, 0.29) is 5.56 Å². The molecule has 13 heavy (non-hydrogen) atoms. The summed E-state index contributed by atoms with van der Waals surface area (Å²) in [7, 11) is 1.84. The van der Waals surface area contributed by atoms with E-state index in [2.05, 4.69) is 15.3 Å². The van der Waals surface area contributed by atoms with E-state index >= 15 is 0 Å². The van der Waals surface area contributed by atoms with Crippen LogP contribution >= 0.6 is 11.8 Å². The lowest BCUT2D eigenvalue weighted by Gasteiger charge is -2.01. The minimum atomic E-state index is 0.0280. The molecule has 1 aromatic rings. The number of H-pyrrole nitrogens is 1. The lowest BCUT2D eigenvalue weighted by atomic mass is 10.3. The van der Waals surface area contributed by atoms with E-state index in [1.54, 1.807) is 11.8 Å². The molecule has 0 unspecified atom stereocenters. The number of nitrogens with zero attached hydrogens (tertiary/aromatic N) is 1. The van der Waals surface area contributed by atoms with Crippen LogP contribution in [0.1, 0.15) is 17.1 Å². The second kappa shape index (κ2) is 3.51. The maximum atomic E-state index is 11.5. The molecule has 0 bridgehead atoms. The molecule has 0 aliphatic carbocycles. The fourth-order valence-electron chi connectivity index (χ4n) is 1.37. The van der Waals surface area contributed by atoms with Crippen LogP contribution in [-0.2, 0) is 18.1 Å². The largest absolute Gasteiger partial charge is 0.313 e. The van der Waals surface area contributed by atoms with Gasteiger partial charge in [0.2, 0.25) is 0 Å². The molecule has 1 aliphatic heterocycles. The molecule has 0 amide bonds. The van der Waals surface area contributed by atoms with Crippen molar-refractivity contribution in [1.29, 1.82) is 0 Å². The molecule has 0 spiro atoms. The predicted octanol–water partition coefficient (Wildman–Crippen LogP) is 0.236. The average Bonchev–Trinajstić information content (AvgIpc) is 2.53. The third-order valence-electron chi connectivity index (χ3n) is 1.98. The van der Waals surface area contributed by atoms with E-state index in [4.69, 9.17) is 0 Å². The van der Waals surface area contributed by atoms with Gasteiger partial charge >= 0.3 is 0 Å². The van der Waals surface area contributed by atoms with Gasteiger partial charge in [0.05, 0.1) is 12.2 Å². The van der Waals surface area contributed by atoms with Crippen molar-refractivity contribution in [2.75, 3.05) is 7.05 Å². The van der Waals surface area contributed by atoms with Gasteiger partial charge in [-0.3, -0.25) is 4.79 Å². The van der Waals surface area contributed by atoms with Gasteiger partial charge in [-0.15, -0.1) is 0 Å².